The average Bonchev–Trinajstić information content (AvgIpc) is 3.15. The summed E-state index contributed by atoms with van der Waals surface area (Å²) in [5.41, 5.74) is 4.13. The van der Waals surface area contributed by atoms with Crippen molar-refractivity contribution in [1.82, 2.24) is 20.1 Å². The van der Waals surface area contributed by atoms with Crippen LogP contribution in [-0.2, 0) is 13.0 Å². The van der Waals surface area contributed by atoms with Gasteiger partial charge in [-0.05, 0) is 50.1 Å². The number of fused-ring (bicyclic) bond motifs is 1. The lowest BCUT2D eigenvalue weighted by atomic mass is 10.1. The second-order valence-electron chi connectivity index (χ2n) is 8.92. The van der Waals surface area contributed by atoms with Crippen LogP contribution in [0.1, 0.15) is 48.1 Å². The number of rotatable bonds is 6. The molecule has 2 aromatic heterocycles. The van der Waals surface area contributed by atoms with Crippen molar-refractivity contribution in [2.45, 2.75) is 39.3 Å². The summed E-state index contributed by atoms with van der Waals surface area (Å²) in [4.78, 5) is 17.4. The molecule has 32 heavy (non-hydrogen) atoms. The van der Waals surface area contributed by atoms with Gasteiger partial charge in [-0.2, -0.15) is 5.10 Å². The number of hydrogen-bond acceptors (Lipinski definition) is 4. The van der Waals surface area contributed by atoms with E-state index in [2.05, 4.69) is 45.7 Å². The fraction of sp³-hybridized carbons (Fsp3) is 0.269. The van der Waals surface area contributed by atoms with Gasteiger partial charge in [0.05, 0.1) is 25.4 Å². The van der Waals surface area contributed by atoms with Crippen LogP contribution in [0.4, 0.5) is 0 Å². The molecule has 0 unspecified atom stereocenters. The van der Waals surface area contributed by atoms with Gasteiger partial charge in [0.15, 0.2) is 5.69 Å². The van der Waals surface area contributed by atoms with Crippen LogP contribution in [0.2, 0.25) is 0 Å². The molecule has 0 saturated carbocycles. The number of amides is 1. The predicted octanol–water partition coefficient (Wildman–Crippen LogP) is 4.61. The third-order valence-corrected chi connectivity index (χ3v) is 5.11. The van der Waals surface area contributed by atoms with Gasteiger partial charge >= 0.3 is 0 Å². The van der Waals surface area contributed by atoms with Crippen LogP contribution in [0.5, 0.6) is 5.75 Å². The normalized spacial score (nSPS) is 11.5. The van der Waals surface area contributed by atoms with Crippen molar-refractivity contribution in [1.29, 1.82) is 0 Å². The monoisotopic (exact) mass is 428 g/mol. The molecule has 0 aliphatic carbocycles. The fourth-order valence-corrected chi connectivity index (χ4v) is 3.63. The smallest absolute Gasteiger partial charge is 0.274 e. The molecule has 4 aromatic rings. The first-order chi connectivity index (χ1) is 15.3. The Hall–Kier alpha value is -3.67. The summed E-state index contributed by atoms with van der Waals surface area (Å²) >= 11 is 0. The van der Waals surface area contributed by atoms with E-state index in [-0.39, 0.29) is 11.4 Å². The minimum Gasteiger partial charge on any atom is -0.494 e. The summed E-state index contributed by atoms with van der Waals surface area (Å²) in [6.45, 7) is 6.53. The first-order valence-electron chi connectivity index (χ1n) is 10.7. The number of aromatic nitrogens is 3. The number of ether oxygens (including phenoxy) is 1. The second-order valence-corrected chi connectivity index (χ2v) is 8.92. The zero-order chi connectivity index (χ0) is 22.7. The minimum atomic E-state index is -0.359. The standard InChI is InChI=1S/C26H28N4O2/c1-26(2,3)29-25(31)24-23(32-4)13-12-21(28-24)14-19-10-11-20-16-27-30(22(20)15-19)17-18-8-6-5-7-9-18/h5-13,15-16H,14,17H2,1-4H3,(H,29,31). The Morgan fingerprint density at radius 3 is 2.53 bits per heavy atom. The predicted molar refractivity (Wildman–Crippen MR) is 126 cm³/mol. The molecular formula is C26H28N4O2. The number of nitrogens with one attached hydrogen (secondary N) is 1. The number of hydrogen-bond donors (Lipinski definition) is 1. The molecule has 0 atom stereocenters. The molecule has 164 valence electrons. The Morgan fingerprint density at radius 2 is 1.81 bits per heavy atom. The maximum absolute atomic E-state index is 12.7. The Kier molecular flexibility index (Phi) is 5.95. The van der Waals surface area contributed by atoms with Crippen molar-refractivity contribution in [3.8, 4) is 5.75 Å². The number of carbonyl (C=O) groups excluding carboxylic acids is 1. The van der Waals surface area contributed by atoms with Crippen LogP contribution >= 0.6 is 0 Å². The van der Waals surface area contributed by atoms with Crippen molar-refractivity contribution in [3.05, 3.63) is 89.4 Å². The first-order valence-corrected chi connectivity index (χ1v) is 10.7. The van der Waals surface area contributed by atoms with E-state index in [1.165, 1.54) is 5.56 Å². The maximum Gasteiger partial charge on any atom is 0.274 e. The molecule has 0 spiro atoms. The lowest BCUT2D eigenvalue weighted by Crippen LogP contribution is -2.41. The Balaban J connectivity index is 1.61. The van der Waals surface area contributed by atoms with E-state index in [9.17, 15) is 4.79 Å². The van der Waals surface area contributed by atoms with Crippen LogP contribution in [0, 0.1) is 0 Å². The lowest BCUT2D eigenvalue weighted by molar-refractivity contribution is 0.0910. The van der Waals surface area contributed by atoms with Crippen molar-refractivity contribution in [3.63, 3.8) is 0 Å². The van der Waals surface area contributed by atoms with E-state index in [1.807, 2.05) is 55.9 Å². The second kappa shape index (κ2) is 8.83. The van der Waals surface area contributed by atoms with E-state index >= 15 is 0 Å². The van der Waals surface area contributed by atoms with Gasteiger partial charge < -0.3 is 10.1 Å². The molecule has 6 heteroatoms. The summed E-state index contributed by atoms with van der Waals surface area (Å²) in [5.74, 6) is 0.222. The highest BCUT2D eigenvalue weighted by Crippen LogP contribution is 2.22. The summed E-state index contributed by atoms with van der Waals surface area (Å²) in [6.07, 6.45) is 2.49. The molecule has 0 radical (unpaired) electrons. The van der Waals surface area contributed by atoms with Gasteiger partial charge in [0.2, 0.25) is 0 Å². The van der Waals surface area contributed by atoms with Gasteiger partial charge in [0.25, 0.3) is 5.91 Å². The number of nitrogens with zero attached hydrogens (tertiary/aromatic N) is 3. The zero-order valence-corrected chi connectivity index (χ0v) is 18.9. The quantitative estimate of drug-likeness (QED) is 0.487. The third-order valence-electron chi connectivity index (χ3n) is 5.11. The highest BCUT2D eigenvalue weighted by molar-refractivity contribution is 5.95. The van der Waals surface area contributed by atoms with Gasteiger partial charge in [0, 0.05) is 23.0 Å². The summed E-state index contributed by atoms with van der Waals surface area (Å²) in [6, 6.07) is 20.3. The van der Waals surface area contributed by atoms with E-state index in [0.29, 0.717) is 24.4 Å². The van der Waals surface area contributed by atoms with Crippen molar-refractivity contribution in [2.75, 3.05) is 7.11 Å². The van der Waals surface area contributed by atoms with Crippen LogP contribution < -0.4 is 10.1 Å². The summed E-state index contributed by atoms with van der Waals surface area (Å²) in [5, 5.41) is 8.62. The Labute approximate surface area is 188 Å². The molecule has 0 fully saturated rings. The molecular weight excluding hydrogens is 400 g/mol. The number of benzene rings is 2. The number of pyridine rings is 1. The van der Waals surface area contributed by atoms with Crippen molar-refractivity contribution in [2.24, 2.45) is 0 Å². The number of carbonyl (C=O) groups is 1. The largest absolute Gasteiger partial charge is 0.494 e. The molecule has 0 aliphatic rings. The van der Waals surface area contributed by atoms with Crippen LogP contribution in [0.25, 0.3) is 10.9 Å². The molecule has 1 amide bonds. The van der Waals surface area contributed by atoms with E-state index in [1.54, 1.807) is 13.2 Å². The summed E-state index contributed by atoms with van der Waals surface area (Å²) in [7, 11) is 1.55. The highest BCUT2D eigenvalue weighted by Gasteiger charge is 2.20. The van der Waals surface area contributed by atoms with Gasteiger partial charge in [-0.1, -0.05) is 42.5 Å². The molecule has 4 rings (SSSR count). The van der Waals surface area contributed by atoms with Gasteiger partial charge in [-0.15, -0.1) is 0 Å². The summed E-state index contributed by atoms with van der Waals surface area (Å²) < 4.78 is 7.38. The van der Waals surface area contributed by atoms with Gasteiger partial charge in [-0.25, -0.2) is 4.98 Å². The molecule has 2 heterocycles. The maximum atomic E-state index is 12.7. The highest BCUT2D eigenvalue weighted by atomic mass is 16.5. The van der Waals surface area contributed by atoms with Gasteiger partial charge in [-0.3, -0.25) is 9.48 Å². The molecule has 1 N–H and O–H groups in total. The average molecular weight is 429 g/mol. The number of methoxy groups -OCH3 is 1. The molecule has 0 aliphatic heterocycles. The van der Waals surface area contributed by atoms with E-state index in [4.69, 9.17) is 4.74 Å². The molecule has 0 bridgehead atoms. The van der Waals surface area contributed by atoms with Crippen LogP contribution in [0.3, 0.4) is 0 Å². The van der Waals surface area contributed by atoms with E-state index in [0.717, 1.165) is 22.2 Å². The topological polar surface area (TPSA) is 69.0 Å². The Bertz CT molecular complexity index is 1240. The molecule has 6 nitrogen and oxygen atoms in total. The van der Waals surface area contributed by atoms with Crippen molar-refractivity contribution < 1.29 is 9.53 Å². The van der Waals surface area contributed by atoms with E-state index < -0.39 is 0 Å². The van der Waals surface area contributed by atoms with Crippen LogP contribution in [0.15, 0.2) is 66.9 Å². The first kappa shape index (κ1) is 21.6. The van der Waals surface area contributed by atoms with Gasteiger partial charge in [0.1, 0.15) is 5.75 Å². The lowest BCUT2D eigenvalue weighted by Gasteiger charge is -2.21. The fourth-order valence-electron chi connectivity index (χ4n) is 3.63. The van der Waals surface area contributed by atoms with Crippen molar-refractivity contribution >= 4 is 16.8 Å². The van der Waals surface area contributed by atoms with Crippen LogP contribution in [-0.4, -0.2) is 33.3 Å². The zero-order valence-electron chi connectivity index (χ0n) is 18.9. The third kappa shape index (κ3) is 4.97. The minimum absolute atomic E-state index is 0.243. The molecule has 0 saturated heterocycles. The SMILES string of the molecule is COc1ccc(Cc2ccc3cnn(Cc4ccccc4)c3c2)nc1C(=O)NC(C)(C)C. The Morgan fingerprint density at radius 1 is 1.03 bits per heavy atom. The molecule has 2 aromatic carbocycles.